The summed E-state index contributed by atoms with van der Waals surface area (Å²) in [4.78, 5) is 19.2. The van der Waals surface area contributed by atoms with Crippen LogP contribution < -0.4 is 10.3 Å². The summed E-state index contributed by atoms with van der Waals surface area (Å²) in [7, 11) is 1.68. The van der Waals surface area contributed by atoms with E-state index in [9.17, 15) is 4.79 Å². The smallest absolute Gasteiger partial charge is 0.272 e. The molecule has 26 heavy (non-hydrogen) atoms. The summed E-state index contributed by atoms with van der Waals surface area (Å²) < 4.78 is 6.77. The topological polar surface area (TPSA) is 62.6 Å². The van der Waals surface area contributed by atoms with Crippen LogP contribution in [0.25, 0.3) is 5.65 Å². The van der Waals surface area contributed by atoms with Gasteiger partial charge in [-0.3, -0.25) is 14.8 Å². The maximum Gasteiger partial charge on any atom is 0.272 e. The molecule has 0 amide bonds. The fourth-order valence-corrected chi connectivity index (χ4v) is 3.67. The van der Waals surface area contributed by atoms with Crippen LogP contribution in [-0.2, 0) is 13.0 Å². The molecule has 3 aromatic rings. The van der Waals surface area contributed by atoms with Gasteiger partial charge < -0.3 is 4.74 Å². The molecule has 1 N–H and O–H groups in total. The number of nitrogens with one attached hydrogen (secondary N) is 1. The molecule has 1 atom stereocenters. The maximum atomic E-state index is 12.2. The molecule has 1 aromatic carbocycles. The monoisotopic (exact) mass is 352 g/mol. The van der Waals surface area contributed by atoms with Crippen molar-refractivity contribution in [2.24, 2.45) is 0 Å². The Hall–Kier alpha value is -2.60. The number of ether oxygens (including phenoxy) is 1. The van der Waals surface area contributed by atoms with Gasteiger partial charge in [0.25, 0.3) is 5.56 Å². The summed E-state index contributed by atoms with van der Waals surface area (Å²) in [6, 6.07) is 11.9. The number of likely N-dealkylation sites (tertiary alicyclic amines) is 1. The van der Waals surface area contributed by atoms with Gasteiger partial charge in [-0.15, -0.1) is 0 Å². The normalized spacial score (nSPS) is 17.8. The number of rotatable bonds is 5. The lowest BCUT2D eigenvalue weighted by Crippen LogP contribution is -2.20. The van der Waals surface area contributed by atoms with Gasteiger partial charge in [0.05, 0.1) is 7.11 Å². The Balaban J connectivity index is 1.48. The molecule has 136 valence electrons. The number of fused-ring (bicyclic) bond motifs is 1. The third kappa shape index (κ3) is 3.24. The largest absolute Gasteiger partial charge is 0.497 e. The number of aromatic nitrogens is 3. The fourth-order valence-electron chi connectivity index (χ4n) is 3.67. The lowest BCUT2D eigenvalue weighted by atomic mass is 10.1. The average molecular weight is 352 g/mol. The Bertz CT molecular complexity index is 958. The molecule has 1 saturated heterocycles. The molecule has 0 saturated carbocycles. The highest BCUT2D eigenvalue weighted by atomic mass is 16.5. The Morgan fingerprint density at radius 3 is 2.81 bits per heavy atom. The molecule has 6 heteroatoms. The van der Waals surface area contributed by atoms with Crippen LogP contribution in [-0.4, -0.2) is 39.7 Å². The van der Waals surface area contributed by atoms with Crippen molar-refractivity contribution < 1.29 is 4.74 Å². The minimum atomic E-state index is -0.0359. The van der Waals surface area contributed by atoms with Gasteiger partial charge in [-0.05, 0) is 37.1 Å². The minimum absolute atomic E-state index is 0.0359. The molecule has 0 aliphatic carbocycles. The maximum absolute atomic E-state index is 12.2. The SMILES string of the molecule is CCc1cc(=O)n2[nH]c(C3CCN(Cc4ccc(OC)cc4)C3)cc2n1. The van der Waals surface area contributed by atoms with Crippen molar-refractivity contribution in [3.8, 4) is 5.75 Å². The number of hydrogen-bond donors (Lipinski definition) is 1. The second-order valence-electron chi connectivity index (χ2n) is 6.91. The first-order valence-electron chi connectivity index (χ1n) is 9.13. The van der Waals surface area contributed by atoms with Crippen molar-refractivity contribution in [2.45, 2.75) is 32.2 Å². The fraction of sp³-hybridized carbons (Fsp3) is 0.400. The average Bonchev–Trinajstić information content (AvgIpc) is 3.29. The van der Waals surface area contributed by atoms with E-state index in [0.29, 0.717) is 5.92 Å². The first-order chi connectivity index (χ1) is 12.7. The minimum Gasteiger partial charge on any atom is -0.497 e. The van der Waals surface area contributed by atoms with Crippen LogP contribution in [0.1, 0.15) is 36.2 Å². The van der Waals surface area contributed by atoms with E-state index in [1.54, 1.807) is 17.7 Å². The molecule has 1 fully saturated rings. The van der Waals surface area contributed by atoms with E-state index in [-0.39, 0.29) is 5.56 Å². The predicted molar refractivity (Wildman–Crippen MR) is 101 cm³/mol. The second kappa shape index (κ2) is 6.96. The Kier molecular flexibility index (Phi) is 4.51. The van der Waals surface area contributed by atoms with Crippen LogP contribution in [0.5, 0.6) is 5.75 Å². The standard InChI is InChI=1S/C20H24N4O2/c1-3-16-10-20(25)24-19(21-16)11-18(22-24)15-8-9-23(13-15)12-14-4-6-17(26-2)7-5-14/h4-7,10-11,15,22H,3,8-9,12-13H2,1-2H3. The van der Waals surface area contributed by atoms with Crippen LogP contribution in [0.4, 0.5) is 0 Å². The van der Waals surface area contributed by atoms with Gasteiger partial charge in [0.1, 0.15) is 5.75 Å². The number of aromatic amines is 1. The summed E-state index contributed by atoms with van der Waals surface area (Å²) in [6.07, 6.45) is 1.85. The molecular weight excluding hydrogens is 328 g/mol. The zero-order chi connectivity index (χ0) is 18.1. The van der Waals surface area contributed by atoms with Gasteiger partial charge in [0.15, 0.2) is 5.65 Å². The highest BCUT2D eigenvalue weighted by molar-refractivity contribution is 5.41. The van der Waals surface area contributed by atoms with E-state index < -0.39 is 0 Å². The van der Waals surface area contributed by atoms with Crippen molar-refractivity contribution in [3.63, 3.8) is 0 Å². The summed E-state index contributed by atoms with van der Waals surface area (Å²) in [6.45, 7) is 4.97. The van der Waals surface area contributed by atoms with Gasteiger partial charge in [-0.2, -0.15) is 0 Å². The molecule has 3 heterocycles. The van der Waals surface area contributed by atoms with E-state index in [2.05, 4.69) is 27.1 Å². The highest BCUT2D eigenvalue weighted by Crippen LogP contribution is 2.28. The van der Waals surface area contributed by atoms with E-state index >= 15 is 0 Å². The summed E-state index contributed by atoms with van der Waals surface area (Å²) in [5.74, 6) is 1.29. The van der Waals surface area contributed by atoms with Gasteiger partial charge >= 0.3 is 0 Å². The zero-order valence-electron chi connectivity index (χ0n) is 15.2. The van der Waals surface area contributed by atoms with Crippen LogP contribution in [0.3, 0.4) is 0 Å². The van der Waals surface area contributed by atoms with Gasteiger partial charge in [-0.25, -0.2) is 9.50 Å². The summed E-state index contributed by atoms with van der Waals surface area (Å²) in [5.41, 5.74) is 3.91. The Labute approximate surface area is 152 Å². The molecule has 0 spiro atoms. The number of aryl methyl sites for hydroxylation is 1. The number of hydrogen-bond acceptors (Lipinski definition) is 4. The predicted octanol–water partition coefficient (Wildman–Crippen LogP) is 2.58. The molecule has 2 aromatic heterocycles. The first-order valence-corrected chi connectivity index (χ1v) is 9.13. The van der Waals surface area contributed by atoms with Crippen LogP contribution in [0.15, 0.2) is 41.2 Å². The summed E-state index contributed by atoms with van der Waals surface area (Å²) >= 11 is 0. The summed E-state index contributed by atoms with van der Waals surface area (Å²) in [5, 5.41) is 3.26. The molecule has 1 unspecified atom stereocenters. The number of H-pyrrole nitrogens is 1. The molecule has 0 radical (unpaired) electrons. The molecule has 6 nitrogen and oxygen atoms in total. The second-order valence-corrected chi connectivity index (χ2v) is 6.91. The van der Waals surface area contributed by atoms with E-state index in [0.717, 1.165) is 55.3 Å². The van der Waals surface area contributed by atoms with Gasteiger partial charge in [-0.1, -0.05) is 19.1 Å². The van der Waals surface area contributed by atoms with Crippen LogP contribution >= 0.6 is 0 Å². The van der Waals surface area contributed by atoms with Crippen LogP contribution in [0, 0.1) is 0 Å². The van der Waals surface area contributed by atoms with Crippen molar-refractivity contribution in [3.05, 3.63) is 63.7 Å². The highest BCUT2D eigenvalue weighted by Gasteiger charge is 2.25. The van der Waals surface area contributed by atoms with Crippen molar-refractivity contribution in [2.75, 3.05) is 20.2 Å². The third-order valence-corrected chi connectivity index (χ3v) is 5.16. The van der Waals surface area contributed by atoms with Crippen molar-refractivity contribution in [1.82, 2.24) is 19.5 Å². The zero-order valence-corrected chi connectivity index (χ0v) is 15.2. The molecule has 4 rings (SSSR count). The molecule has 0 bridgehead atoms. The van der Waals surface area contributed by atoms with Gasteiger partial charge in [0, 0.05) is 42.5 Å². The molecule has 1 aliphatic rings. The third-order valence-electron chi connectivity index (χ3n) is 5.16. The number of methoxy groups -OCH3 is 1. The van der Waals surface area contributed by atoms with Crippen molar-refractivity contribution >= 4 is 5.65 Å². The van der Waals surface area contributed by atoms with E-state index in [4.69, 9.17) is 4.74 Å². The van der Waals surface area contributed by atoms with Crippen LogP contribution in [0.2, 0.25) is 0 Å². The Morgan fingerprint density at radius 1 is 1.27 bits per heavy atom. The quantitative estimate of drug-likeness (QED) is 0.767. The van der Waals surface area contributed by atoms with E-state index in [1.165, 1.54) is 5.56 Å². The Morgan fingerprint density at radius 2 is 2.08 bits per heavy atom. The van der Waals surface area contributed by atoms with E-state index in [1.807, 2.05) is 25.1 Å². The molecular formula is C20H24N4O2. The lowest BCUT2D eigenvalue weighted by molar-refractivity contribution is 0.326. The first kappa shape index (κ1) is 16.8. The number of benzene rings is 1. The lowest BCUT2D eigenvalue weighted by Gasteiger charge is -2.16. The van der Waals surface area contributed by atoms with Crippen molar-refractivity contribution in [1.29, 1.82) is 0 Å². The molecule has 1 aliphatic heterocycles. The number of nitrogens with zero attached hydrogens (tertiary/aromatic N) is 3. The van der Waals surface area contributed by atoms with Gasteiger partial charge in [0.2, 0.25) is 0 Å².